The van der Waals surface area contributed by atoms with Gasteiger partial charge in [0.15, 0.2) is 0 Å². The fourth-order valence-electron chi connectivity index (χ4n) is 1.92. The van der Waals surface area contributed by atoms with Crippen LogP contribution in [0.5, 0.6) is 0 Å². The molecular weight excluding hydrogens is 263 g/mol. The van der Waals surface area contributed by atoms with Gasteiger partial charge in [-0.05, 0) is 18.2 Å². The molecule has 0 fully saturated rings. The number of benzene rings is 1. The maximum Gasteiger partial charge on any atom is 0.345 e. The summed E-state index contributed by atoms with van der Waals surface area (Å²) >= 11 is 0. The van der Waals surface area contributed by atoms with Crippen LogP contribution in [0.25, 0.3) is 10.9 Å². The van der Waals surface area contributed by atoms with Gasteiger partial charge in [-0.2, -0.15) is 0 Å². The lowest BCUT2D eigenvalue weighted by atomic mass is 10.1. The number of fused-ring (bicyclic) bond motifs is 1. The Bertz CT molecular complexity index is 737. The summed E-state index contributed by atoms with van der Waals surface area (Å²) in [7, 11) is 1.18. The highest BCUT2D eigenvalue weighted by Crippen LogP contribution is 2.25. The molecule has 6 heteroatoms. The second-order valence-corrected chi connectivity index (χ2v) is 4.06. The molecule has 0 amide bonds. The van der Waals surface area contributed by atoms with Crippen molar-refractivity contribution in [3.05, 3.63) is 52.6 Å². The Kier molecular flexibility index (Phi) is 3.84. The van der Waals surface area contributed by atoms with Crippen LogP contribution in [0.3, 0.4) is 0 Å². The number of aromatic nitrogens is 1. The molecule has 0 saturated carbocycles. The van der Waals surface area contributed by atoms with E-state index in [1.165, 1.54) is 25.3 Å². The summed E-state index contributed by atoms with van der Waals surface area (Å²) in [6, 6.07) is 3.91. The van der Waals surface area contributed by atoms with Gasteiger partial charge >= 0.3 is 5.97 Å². The lowest BCUT2D eigenvalue weighted by Crippen LogP contribution is -2.22. The Morgan fingerprint density at radius 1 is 1.55 bits per heavy atom. The highest BCUT2D eigenvalue weighted by molar-refractivity contribution is 6.04. The summed E-state index contributed by atoms with van der Waals surface area (Å²) in [6.45, 7) is 3.87. The molecule has 0 unspecified atom stereocenters. The van der Waals surface area contributed by atoms with E-state index in [1.807, 2.05) is 0 Å². The Morgan fingerprint density at radius 3 is 2.95 bits per heavy atom. The van der Waals surface area contributed by atoms with Crippen LogP contribution in [0.15, 0.2) is 35.6 Å². The molecule has 104 valence electrons. The number of halogens is 1. The van der Waals surface area contributed by atoms with Crippen molar-refractivity contribution < 1.29 is 13.9 Å². The lowest BCUT2D eigenvalue weighted by Gasteiger charge is -2.12. The zero-order chi connectivity index (χ0) is 14.7. The number of methoxy groups -OCH3 is 1. The number of H-pyrrole nitrogens is 1. The summed E-state index contributed by atoms with van der Waals surface area (Å²) in [5.74, 6) is -1.26. The van der Waals surface area contributed by atoms with E-state index in [-0.39, 0.29) is 11.3 Å². The number of aromatic amines is 1. The standard InChI is InChI=1S/C14H13FN2O3/c1-3-6-16-12-9-7-8(15)4-5-10(9)17-13(18)11(12)14(19)20-2/h3-5,7H,1,6H2,2H3,(H2,16,17,18). The van der Waals surface area contributed by atoms with Crippen molar-refractivity contribution >= 4 is 22.6 Å². The number of ether oxygens (including phenoxy) is 1. The minimum absolute atomic E-state index is 0.188. The van der Waals surface area contributed by atoms with Gasteiger partial charge in [0.1, 0.15) is 11.4 Å². The number of anilines is 1. The van der Waals surface area contributed by atoms with Gasteiger partial charge in [0.05, 0.1) is 18.3 Å². The van der Waals surface area contributed by atoms with Crippen LogP contribution in [-0.2, 0) is 4.74 Å². The van der Waals surface area contributed by atoms with Crippen LogP contribution < -0.4 is 10.9 Å². The molecule has 0 saturated heterocycles. The topological polar surface area (TPSA) is 71.2 Å². The van der Waals surface area contributed by atoms with E-state index in [0.29, 0.717) is 17.4 Å². The predicted octanol–water partition coefficient (Wildman–Crippen LogP) is 2.05. The van der Waals surface area contributed by atoms with E-state index >= 15 is 0 Å². The molecule has 0 spiro atoms. The monoisotopic (exact) mass is 276 g/mol. The molecule has 2 aromatic rings. The number of hydrogen-bond donors (Lipinski definition) is 2. The fourth-order valence-corrected chi connectivity index (χ4v) is 1.92. The van der Waals surface area contributed by atoms with E-state index in [0.717, 1.165) is 0 Å². The van der Waals surface area contributed by atoms with Gasteiger partial charge in [-0.25, -0.2) is 9.18 Å². The predicted molar refractivity (Wildman–Crippen MR) is 74.6 cm³/mol. The molecule has 0 aliphatic rings. The molecule has 0 bridgehead atoms. The summed E-state index contributed by atoms with van der Waals surface area (Å²) in [5, 5.41) is 3.28. The first kappa shape index (κ1) is 13.8. The molecule has 0 radical (unpaired) electrons. The van der Waals surface area contributed by atoms with Gasteiger partial charge < -0.3 is 15.0 Å². The van der Waals surface area contributed by atoms with Crippen LogP contribution in [0.1, 0.15) is 10.4 Å². The average Bonchev–Trinajstić information content (AvgIpc) is 2.44. The van der Waals surface area contributed by atoms with E-state index in [1.54, 1.807) is 6.08 Å². The average molecular weight is 276 g/mol. The first-order valence-corrected chi connectivity index (χ1v) is 5.87. The molecule has 1 aromatic carbocycles. The Morgan fingerprint density at radius 2 is 2.30 bits per heavy atom. The number of carbonyl (C=O) groups is 1. The Hall–Kier alpha value is -2.63. The van der Waals surface area contributed by atoms with Crippen molar-refractivity contribution in [2.75, 3.05) is 19.0 Å². The first-order chi connectivity index (χ1) is 9.58. The second kappa shape index (κ2) is 5.56. The largest absolute Gasteiger partial charge is 0.465 e. The highest BCUT2D eigenvalue weighted by Gasteiger charge is 2.20. The quantitative estimate of drug-likeness (QED) is 0.662. The maximum atomic E-state index is 13.4. The third-order valence-electron chi connectivity index (χ3n) is 2.79. The van der Waals surface area contributed by atoms with Crippen LogP contribution in [-0.4, -0.2) is 24.6 Å². The van der Waals surface area contributed by atoms with Crippen molar-refractivity contribution in [3.63, 3.8) is 0 Å². The minimum atomic E-state index is -0.788. The summed E-state index contributed by atoms with van der Waals surface area (Å²) in [4.78, 5) is 26.3. The van der Waals surface area contributed by atoms with Gasteiger partial charge in [-0.1, -0.05) is 6.08 Å². The maximum absolute atomic E-state index is 13.4. The van der Waals surface area contributed by atoms with E-state index in [2.05, 4.69) is 21.6 Å². The van der Waals surface area contributed by atoms with Crippen LogP contribution in [0.4, 0.5) is 10.1 Å². The zero-order valence-corrected chi connectivity index (χ0v) is 10.8. The van der Waals surface area contributed by atoms with Crippen molar-refractivity contribution in [1.82, 2.24) is 4.98 Å². The van der Waals surface area contributed by atoms with E-state index < -0.39 is 17.3 Å². The number of rotatable bonds is 4. The van der Waals surface area contributed by atoms with Crippen molar-refractivity contribution in [1.29, 1.82) is 0 Å². The number of pyridine rings is 1. The summed E-state index contributed by atoms with van der Waals surface area (Å²) in [6.07, 6.45) is 1.56. The van der Waals surface area contributed by atoms with Crippen LogP contribution >= 0.6 is 0 Å². The smallest absolute Gasteiger partial charge is 0.345 e. The second-order valence-electron chi connectivity index (χ2n) is 4.06. The number of esters is 1. The normalized spacial score (nSPS) is 10.3. The number of carbonyl (C=O) groups excluding carboxylic acids is 1. The minimum Gasteiger partial charge on any atom is -0.465 e. The van der Waals surface area contributed by atoms with Crippen LogP contribution in [0.2, 0.25) is 0 Å². The highest BCUT2D eigenvalue weighted by atomic mass is 19.1. The molecule has 0 atom stereocenters. The fraction of sp³-hybridized carbons (Fsp3) is 0.143. The lowest BCUT2D eigenvalue weighted by molar-refractivity contribution is 0.0600. The van der Waals surface area contributed by atoms with E-state index in [4.69, 9.17) is 0 Å². The third kappa shape index (κ3) is 2.40. The van der Waals surface area contributed by atoms with Crippen molar-refractivity contribution in [2.24, 2.45) is 0 Å². The van der Waals surface area contributed by atoms with Gasteiger partial charge in [0.25, 0.3) is 5.56 Å². The van der Waals surface area contributed by atoms with Gasteiger partial charge in [0.2, 0.25) is 0 Å². The first-order valence-electron chi connectivity index (χ1n) is 5.87. The molecule has 1 heterocycles. The third-order valence-corrected chi connectivity index (χ3v) is 2.79. The van der Waals surface area contributed by atoms with Crippen molar-refractivity contribution in [3.8, 4) is 0 Å². The SMILES string of the molecule is C=CCNc1c(C(=O)OC)c(=O)[nH]c2ccc(F)cc12. The zero-order valence-electron chi connectivity index (χ0n) is 10.8. The number of nitrogens with one attached hydrogen (secondary N) is 2. The molecule has 2 N–H and O–H groups in total. The number of hydrogen-bond acceptors (Lipinski definition) is 4. The molecule has 0 aliphatic heterocycles. The molecule has 20 heavy (non-hydrogen) atoms. The molecule has 5 nitrogen and oxygen atoms in total. The Balaban J connectivity index is 2.81. The van der Waals surface area contributed by atoms with Crippen molar-refractivity contribution in [2.45, 2.75) is 0 Å². The molecule has 2 rings (SSSR count). The van der Waals surface area contributed by atoms with E-state index in [9.17, 15) is 14.0 Å². The summed E-state index contributed by atoms with van der Waals surface area (Å²) in [5.41, 5.74) is -0.124. The van der Waals surface area contributed by atoms with Crippen LogP contribution in [0, 0.1) is 5.82 Å². The van der Waals surface area contributed by atoms with Gasteiger partial charge in [-0.3, -0.25) is 4.79 Å². The van der Waals surface area contributed by atoms with Gasteiger partial charge in [-0.15, -0.1) is 6.58 Å². The molecule has 0 aliphatic carbocycles. The summed E-state index contributed by atoms with van der Waals surface area (Å²) < 4.78 is 18.0. The molecule has 1 aromatic heterocycles. The Labute approximate surface area is 114 Å². The van der Waals surface area contributed by atoms with Gasteiger partial charge in [0, 0.05) is 11.9 Å². The molecular formula is C14H13FN2O3.